The number of anilines is 2. The zero-order chi connectivity index (χ0) is 22.8. The normalized spacial score (nSPS) is 17.5. The Morgan fingerprint density at radius 2 is 1.36 bits per heavy atom. The van der Waals surface area contributed by atoms with Crippen LogP contribution < -0.4 is 9.80 Å². The molecule has 0 bridgehead atoms. The second-order valence-electron chi connectivity index (χ2n) is 8.64. The van der Waals surface area contributed by atoms with Crippen molar-refractivity contribution in [2.75, 3.05) is 49.1 Å². The Morgan fingerprint density at radius 3 is 2.03 bits per heavy atom. The first-order valence-corrected chi connectivity index (χ1v) is 13.0. The highest BCUT2D eigenvalue weighted by Gasteiger charge is 2.29. The van der Waals surface area contributed by atoms with Gasteiger partial charge in [0.2, 0.25) is 16.0 Å². The minimum atomic E-state index is -3.54. The van der Waals surface area contributed by atoms with Gasteiger partial charge in [-0.25, -0.2) is 13.4 Å². The first-order valence-electron chi connectivity index (χ1n) is 11.5. The van der Waals surface area contributed by atoms with Crippen LogP contribution in [0.15, 0.2) is 65.6 Å². The zero-order valence-corrected chi connectivity index (χ0v) is 19.7. The average Bonchev–Trinajstić information content (AvgIpc) is 3.40. The fourth-order valence-electron chi connectivity index (χ4n) is 4.51. The van der Waals surface area contributed by atoms with Crippen molar-refractivity contribution in [1.29, 1.82) is 0 Å². The van der Waals surface area contributed by atoms with Gasteiger partial charge in [-0.2, -0.15) is 9.29 Å². The van der Waals surface area contributed by atoms with E-state index in [1.54, 1.807) is 16.4 Å². The molecule has 0 amide bonds. The lowest BCUT2D eigenvalue weighted by atomic mass is 10.1. The van der Waals surface area contributed by atoms with Crippen molar-refractivity contribution in [3.8, 4) is 11.1 Å². The molecule has 0 aliphatic carbocycles. The number of benzene rings is 2. The molecule has 0 saturated carbocycles. The molecule has 0 radical (unpaired) electrons. The van der Waals surface area contributed by atoms with Crippen LogP contribution in [0.3, 0.4) is 0 Å². The zero-order valence-electron chi connectivity index (χ0n) is 18.9. The first-order chi connectivity index (χ1) is 16.0. The van der Waals surface area contributed by atoms with Gasteiger partial charge in [0, 0.05) is 51.0 Å². The molecule has 0 spiro atoms. The SMILES string of the molecule is Cc1cc(N2CCCC2)nc(N2CCN(S(=O)(=O)c3ccc(-c4ccccc4)cc3)CC2)n1. The number of sulfonamides is 1. The summed E-state index contributed by atoms with van der Waals surface area (Å²) >= 11 is 0. The average molecular weight is 464 g/mol. The van der Waals surface area contributed by atoms with Crippen LogP contribution >= 0.6 is 0 Å². The molecule has 0 unspecified atom stereocenters. The molecule has 5 rings (SSSR count). The molecular formula is C25H29N5O2S. The van der Waals surface area contributed by atoms with E-state index in [4.69, 9.17) is 4.98 Å². The van der Waals surface area contributed by atoms with Crippen molar-refractivity contribution < 1.29 is 8.42 Å². The maximum Gasteiger partial charge on any atom is 0.243 e. The highest BCUT2D eigenvalue weighted by Crippen LogP contribution is 2.25. The lowest BCUT2D eigenvalue weighted by Crippen LogP contribution is -2.49. The number of aryl methyl sites for hydroxylation is 1. The minimum absolute atomic E-state index is 0.332. The Morgan fingerprint density at radius 1 is 0.727 bits per heavy atom. The van der Waals surface area contributed by atoms with Crippen molar-refractivity contribution in [2.24, 2.45) is 0 Å². The van der Waals surface area contributed by atoms with E-state index < -0.39 is 10.0 Å². The van der Waals surface area contributed by atoms with Gasteiger partial charge in [-0.3, -0.25) is 0 Å². The van der Waals surface area contributed by atoms with Gasteiger partial charge in [0.05, 0.1) is 4.90 Å². The van der Waals surface area contributed by atoms with Gasteiger partial charge in [0.15, 0.2) is 0 Å². The number of hydrogen-bond acceptors (Lipinski definition) is 6. The van der Waals surface area contributed by atoms with Crippen LogP contribution in [0.1, 0.15) is 18.5 Å². The summed E-state index contributed by atoms with van der Waals surface area (Å²) in [7, 11) is -3.54. The van der Waals surface area contributed by atoms with Crippen LogP contribution in [-0.2, 0) is 10.0 Å². The van der Waals surface area contributed by atoms with Gasteiger partial charge in [-0.15, -0.1) is 0 Å². The van der Waals surface area contributed by atoms with Crippen LogP contribution in [-0.4, -0.2) is 62.0 Å². The molecule has 7 nitrogen and oxygen atoms in total. The van der Waals surface area contributed by atoms with Crippen molar-refractivity contribution in [3.63, 3.8) is 0 Å². The number of hydrogen-bond donors (Lipinski definition) is 0. The molecule has 2 saturated heterocycles. The van der Waals surface area contributed by atoms with Crippen molar-refractivity contribution in [2.45, 2.75) is 24.7 Å². The summed E-state index contributed by atoms with van der Waals surface area (Å²) < 4.78 is 28.0. The standard InChI is InChI=1S/C25H29N5O2S/c1-20-19-24(28-13-5-6-14-28)27-25(26-20)29-15-17-30(18-16-29)33(31,32)23-11-9-22(10-12-23)21-7-3-2-4-8-21/h2-4,7-12,19H,5-6,13-18H2,1H3. The number of rotatable bonds is 5. The Hall–Kier alpha value is -2.97. The summed E-state index contributed by atoms with van der Waals surface area (Å²) in [5, 5.41) is 0. The fourth-order valence-corrected chi connectivity index (χ4v) is 5.94. The second-order valence-corrected chi connectivity index (χ2v) is 10.6. The number of aromatic nitrogens is 2. The van der Waals surface area contributed by atoms with E-state index >= 15 is 0 Å². The molecule has 3 aromatic rings. The quantitative estimate of drug-likeness (QED) is 0.576. The smallest absolute Gasteiger partial charge is 0.243 e. The van der Waals surface area contributed by atoms with Crippen molar-refractivity contribution in [3.05, 3.63) is 66.4 Å². The molecule has 2 aliphatic rings. The van der Waals surface area contributed by atoms with Crippen LogP contribution in [0.4, 0.5) is 11.8 Å². The van der Waals surface area contributed by atoms with E-state index in [-0.39, 0.29) is 0 Å². The third kappa shape index (κ3) is 4.58. The maximum atomic E-state index is 13.2. The predicted octanol–water partition coefficient (Wildman–Crippen LogP) is 3.56. The van der Waals surface area contributed by atoms with E-state index in [2.05, 4.69) is 14.8 Å². The molecule has 0 N–H and O–H groups in total. The molecule has 8 heteroatoms. The van der Waals surface area contributed by atoms with Crippen molar-refractivity contribution in [1.82, 2.24) is 14.3 Å². The van der Waals surface area contributed by atoms with E-state index in [9.17, 15) is 8.42 Å². The number of nitrogens with zero attached hydrogens (tertiary/aromatic N) is 5. The lowest BCUT2D eigenvalue weighted by Gasteiger charge is -2.34. The second kappa shape index (κ2) is 9.11. The molecule has 3 heterocycles. The minimum Gasteiger partial charge on any atom is -0.356 e. The Kier molecular flexibility index (Phi) is 6.03. The van der Waals surface area contributed by atoms with Gasteiger partial charge in [0.25, 0.3) is 0 Å². The predicted molar refractivity (Wildman–Crippen MR) is 131 cm³/mol. The van der Waals surface area contributed by atoms with E-state index in [0.29, 0.717) is 37.0 Å². The summed E-state index contributed by atoms with van der Waals surface area (Å²) in [5.41, 5.74) is 3.02. The topological polar surface area (TPSA) is 69.6 Å². The summed E-state index contributed by atoms with van der Waals surface area (Å²) in [4.78, 5) is 14.2. The molecule has 172 valence electrons. The highest BCUT2D eigenvalue weighted by atomic mass is 32.2. The Balaban J connectivity index is 1.28. The van der Waals surface area contributed by atoms with E-state index in [1.807, 2.05) is 55.5 Å². The summed E-state index contributed by atoms with van der Waals surface area (Å²) in [6, 6.07) is 19.2. The monoisotopic (exact) mass is 463 g/mol. The summed E-state index contributed by atoms with van der Waals surface area (Å²) in [5.74, 6) is 1.67. The molecular weight excluding hydrogens is 434 g/mol. The Labute approximate surface area is 195 Å². The third-order valence-corrected chi connectivity index (χ3v) is 8.29. The van der Waals surface area contributed by atoms with Crippen molar-refractivity contribution >= 4 is 21.8 Å². The Bertz CT molecular complexity index is 1200. The lowest BCUT2D eigenvalue weighted by molar-refractivity contribution is 0.382. The van der Waals surface area contributed by atoms with Gasteiger partial charge >= 0.3 is 0 Å². The van der Waals surface area contributed by atoms with Gasteiger partial charge < -0.3 is 9.80 Å². The maximum absolute atomic E-state index is 13.2. The molecule has 1 aromatic heterocycles. The first kappa shape index (κ1) is 21.9. The van der Waals surface area contributed by atoms with E-state index in [0.717, 1.165) is 35.7 Å². The number of piperazine rings is 1. The van der Waals surface area contributed by atoms with Crippen LogP contribution in [0.25, 0.3) is 11.1 Å². The molecule has 33 heavy (non-hydrogen) atoms. The molecule has 2 fully saturated rings. The van der Waals surface area contributed by atoms with Gasteiger partial charge in [-0.1, -0.05) is 42.5 Å². The van der Waals surface area contributed by atoms with E-state index in [1.165, 1.54) is 12.8 Å². The molecule has 2 aliphatic heterocycles. The van der Waals surface area contributed by atoms with Gasteiger partial charge in [0.1, 0.15) is 5.82 Å². The summed E-state index contributed by atoms with van der Waals surface area (Å²) in [6.07, 6.45) is 2.39. The van der Waals surface area contributed by atoms with Crippen LogP contribution in [0.5, 0.6) is 0 Å². The fraction of sp³-hybridized carbons (Fsp3) is 0.360. The molecule has 2 aromatic carbocycles. The van der Waals surface area contributed by atoms with Crippen LogP contribution in [0.2, 0.25) is 0 Å². The van der Waals surface area contributed by atoms with Crippen LogP contribution in [0, 0.1) is 6.92 Å². The third-order valence-electron chi connectivity index (χ3n) is 6.38. The van der Waals surface area contributed by atoms with Gasteiger partial charge in [-0.05, 0) is 43.0 Å². The molecule has 0 atom stereocenters. The largest absolute Gasteiger partial charge is 0.356 e. The highest BCUT2D eigenvalue weighted by molar-refractivity contribution is 7.89. The summed E-state index contributed by atoms with van der Waals surface area (Å²) in [6.45, 7) is 6.03.